The van der Waals surface area contributed by atoms with Crippen molar-refractivity contribution in [3.63, 3.8) is 0 Å². The molecule has 1 aromatic carbocycles. The molecule has 1 aliphatic heterocycles. The molecule has 1 aromatic heterocycles. The van der Waals surface area contributed by atoms with E-state index in [1.54, 1.807) is 0 Å². The van der Waals surface area contributed by atoms with E-state index in [2.05, 4.69) is 40.3 Å². The molecule has 2 aromatic rings. The standard InChI is InChI=1S/C19H24N2O2S/c1-13-3-4-15-17(12-24-18(15)9-13)21-7-5-20(6-8-21)11-14-10-16(14)19(22)23-2/h3-4,9,12,14,16H,5-8,10-11H2,1-2H3/t14?,16-/m0/s1. The molecule has 128 valence electrons. The zero-order valence-corrected chi connectivity index (χ0v) is 15.1. The van der Waals surface area contributed by atoms with Gasteiger partial charge in [-0.15, -0.1) is 11.3 Å². The number of benzene rings is 1. The van der Waals surface area contributed by atoms with Gasteiger partial charge in [0.2, 0.25) is 0 Å². The Labute approximate surface area is 147 Å². The summed E-state index contributed by atoms with van der Waals surface area (Å²) in [7, 11) is 1.49. The Balaban J connectivity index is 1.35. The van der Waals surface area contributed by atoms with E-state index in [1.165, 1.54) is 28.4 Å². The largest absolute Gasteiger partial charge is 0.469 e. The molecule has 24 heavy (non-hydrogen) atoms. The zero-order valence-electron chi connectivity index (χ0n) is 14.3. The highest BCUT2D eigenvalue weighted by Crippen LogP contribution is 2.40. The van der Waals surface area contributed by atoms with Gasteiger partial charge in [0, 0.05) is 48.2 Å². The van der Waals surface area contributed by atoms with Gasteiger partial charge in [0.05, 0.1) is 18.7 Å². The van der Waals surface area contributed by atoms with Gasteiger partial charge in [0.1, 0.15) is 0 Å². The van der Waals surface area contributed by atoms with E-state index in [9.17, 15) is 4.79 Å². The molecule has 2 aliphatic rings. The van der Waals surface area contributed by atoms with Crippen molar-refractivity contribution in [3.8, 4) is 0 Å². The predicted octanol–water partition coefficient (Wildman–Crippen LogP) is 3.14. The van der Waals surface area contributed by atoms with Crippen molar-refractivity contribution in [1.29, 1.82) is 0 Å². The Kier molecular flexibility index (Phi) is 4.22. The smallest absolute Gasteiger partial charge is 0.308 e. The normalized spacial score (nSPS) is 24.3. The lowest BCUT2D eigenvalue weighted by atomic mass is 10.1. The number of hydrogen-bond donors (Lipinski definition) is 0. The first-order chi connectivity index (χ1) is 11.7. The molecule has 5 heteroatoms. The van der Waals surface area contributed by atoms with Crippen LogP contribution in [0, 0.1) is 18.8 Å². The molecular formula is C19H24N2O2S. The molecule has 4 rings (SSSR count). The average molecular weight is 344 g/mol. The van der Waals surface area contributed by atoms with Crippen LogP contribution in [0.2, 0.25) is 0 Å². The van der Waals surface area contributed by atoms with Gasteiger partial charge in [-0.2, -0.15) is 0 Å². The summed E-state index contributed by atoms with van der Waals surface area (Å²) in [6, 6.07) is 6.74. The Morgan fingerprint density at radius 3 is 2.83 bits per heavy atom. The van der Waals surface area contributed by atoms with E-state index in [0.29, 0.717) is 5.92 Å². The van der Waals surface area contributed by atoms with Gasteiger partial charge < -0.3 is 9.64 Å². The van der Waals surface area contributed by atoms with Gasteiger partial charge in [-0.05, 0) is 30.9 Å². The molecule has 0 spiro atoms. The number of piperazine rings is 1. The lowest BCUT2D eigenvalue weighted by molar-refractivity contribution is -0.142. The maximum absolute atomic E-state index is 11.5. The molecule has 1 aliphatic carbocycles. The van der Waals surface area contributed by atoms with Crippen LogP contribution in [0.25, 0.3) is 10.1 Å². The minimum atomic E-state index is -0.0290. The minimum absolute atomic E-state index is 0.0290. The van der Waals surface area contributed by atoms with Crippen molar-refractivity contribution >= 4 is 33.1 Å². The lowest BCUT2D eigenvalue weighted by Crippen LogP contribution is -2.47. The number of anilines is 1. The molecule has 0 bridgehead atoms. The summed E-state index contributed by atoms with van der Waals surface area (Å²) in [5, 5.41) is 3.68. The zero-order chi connectivity index (χ0) is 16.7. The van der Waals surface area contributed by atoms with Crippen LogP contribution in [0.3, 0.4) is 0 Å². The van der Waals surface area contributed by atoms with Crippen LogP contribution in [-0.2, 0) is 9.53 Å². The molecule has 1 saturated carbocycles. The van der Waals surface area contributed by atoms with E-state index >= 15 is 0 Å². The molecule has 0 amide bonds. The highest BCUT2D eigenvalue weighted by molar-refractivity contribution is 7.17. The molecule has 2 atom stereocenters. The third kappa shape index (κ3) is 3.03. The van der Waals surface area contributed by atoms with Crippen LogP contribution in [-0.4, -0.2) is 50.7 Å². The van der Waals surface area contributed by atoms with Gasteiger partial charge in [-0.25, -0.2) is 0 Å². The van der Waals surface area contributed by atoms with Crippen molar-refractivity contribution in [1.82, 2.24) is 4.90 Å². The number of carbonyl (C=O) groups is 1. The number of nitrogens with zero attached hydrogens (tertiary/aromatic N) is 2. The summed E-state index contributed by atoms with van der Waals surface area (Å²) in [4.78, 5) is 16.5. The fraction of sp³-hybridized carbons (Fsp3) is 0.526. The summed E-state index contributed by atoms with van der Waals surface area (Å²) in [5.41, 5.74) is 2.71. The van der Waals surface area contributed by atoms with E-state index < -0.39 is 0 Å². The van der Waals surface area contributed by atoms with Crippen molar-refractivity contribution in [2.75, 3.05) is 44.7 Å². The number of thiophene rings is 1. The summed E-state index contributed by atoms with van der Waals surface area (Å²) in [5.74, 6) is 0.629. The van der Waals surface area contributed by atoms with E-state index in [1.807, 2.05) is 11.3 Å². The quantitative estimate of drug-likeness (QED) is 0.798. The molecule has 4 nitrogen and oxygen atoms in total. The molecular weight excluding hydrogens is 320 g/mol. The second-order valence-corrected chi connectivity index (χ2v) is 7.94. The van der Waals surface area contributed by atoms with Gasteiger partial charge in [-0.1, -0.05) is 12.1 Å². The van der Waals surface area contributed by atoms with Crippen LogP contribution >= 0.6 is 11.3 Å². The maximum atomic E-state index is 11.5. The molecule has 0 radical (unpaired) electrons. The van der Waals surface area contributed by atoms with Crippen molar-refractivity contribution in [2.45, 2.75) is 13.3 Å². The Morgan fingerprint density at radius 2 is 2.08 bits per heavy atom. The first-order valence-corrected chi connectivity index (χ1v) is 9.56. The highest BCUT2D eigenvalue weighted by atomic mass is 32.1. The lowest BCUT2D eigenvalue weighted by Gasteiger charge is -2.36. The first-order valence-electron chi connectivity index (χ1n) is 8.68. The van der Waals surface area contributed by atoms with Crippen LogP contribution in [0.1, 0.15) is 12.0 Å². The fourth-order valence-electron chi connectivity index (χ4n) is 3.76. The van der Waals surface area contributed by atoms with Gasteiger partial charge in [-0.3, -0.25) is 9.69 Å². The van der Waals surface area contributed by atoms with E-state index in [-0.39, 0.29) is 11.9 Å². The second kappa shape index (κ2) is 6.37. The predicted molar refractivity (Wildman–Crippen MR) is 98.8 cm³/mol. The number of aryl methyl sites for hydroxylation is 1. The summed E-state index contributed by atoms with van der Waals surface area (Å²) in [6.45, 7) is 7.47. The fourth-order valence-corrected chi connectivity index (χ4v) is 4.83. The molecule has 1 unspecified atom stereocenters. The van der Waals surface area contributed by atoms with Crippen LogP contribution in [0.15, 0.2) is 23.6 Å². The van der Waals surface area contributed by atoms with Crippen LogP contribution in [0.5, 0.6) is 0 Å². The Bertz CT molecular complexity index is 749. The van der Waals surface area contributed by atoms with Gasteiger partial charge in [0.15, 0.2) is 0 Å². The van der Waals surface area contributed by atoms with Crippen LogP contribution in [0.4, 0.5) is 5.69 Å². The van der Waals surface area contributed by atoms with Crippen molar-refractivity contribution < 1.29 is 9.53 Å². The average Bonchev–Trinajstić information content (AvgIpc) is 3.24. The van der Waals surface area contributed by atoms with E-state index in [0.717, 1.165) is 39.1 Å². The SMILES string of the molecule is COC(=O)[C@H]1CC1CN1CCN(c2csc3cc(C)ccc23)CC1. The summed E-state index contributed by atoms with van der Waals surface area (Å²) < 4.78 is 6.23. The van der Waals surface area contributed by atoms with Crippen LogP contribution < -0.4 is 4.90 Å². The molecule has 2 heterocycles. The summed E-state index contributed by atoms with van der Waals surface area (Å²) >= 11 is 1.84. The topological polar surface area (TPSA) is 32.8 Å². The van der Waals surface area contributed by atoms with Crippen molar-refractivity contribution in [2.24, 2.45) is 11.8 Å². The number of hydrogen-bond acceptors (Lipinski definition) is 5. The maximum Gasteiger partial charge on any atom is 0.308 e. The molecule has 1 saturated heterocycles. The second-order valence-electron chi connectivity index (χ2n) is 7.03. The minimum Gasteiger partial charge on any atom is -0.469 e. The Morgan fingerprint density at radius 1 is 1.29 bits per heavy atom. The number of methoxy groups -OCH3 is 1. The first kappa shape index (κ1) is 15.9. The number of rotatable bonds is 4. The van der Waals surface area contributed by atoms with Gasteiger partial charge in [0.25, 0.3) is 0 Å². The number of ether oxygens (including phenoxy) is 1. The van der Waals surface area contributed by atoms with E-state index in [4.69, 9.17) is 4.74 Å². The number of esters is 1. The monoisotopic (exact) mass is 344 g/mol. The third-order valence-electron chi connectivity index (χ3n) is 5.34. The Hall–Kier alpha value is -1.59. The highest BCUT2D eigenvalue weighted by Gasteiger charge is 2.44. The molecule has 2 fully saturated rings. The molecule has 0 N–H and O–H groups in total. The third-order valence-corrected chi connectivity index (χ3v) is 6.28. The van der Waals surface area contributed by atoms with Gasteiger partial charge >= 0.3 is 5.97 Å². The number of carbonyl (C=O) groups excluding carboxylic acids is 1. The number of fused-ring (bicyclic) bond motifs is 1. The summed E-state index contributed by atoms with van der Waals surface area (Å²) in [6.07, 6.45) is 1.00. The van der Waals surface area contributed by atoms with Crippen molar-refractivity contribution in [3.05, 3.63) is 29.1 Å².